The van der Waals surface area contributed by atoms with E-state index in [-0.39, 0.29) is 5.82 Å². The minimum atomic E-state index is -0.412. The topological polar surface area (TPSA) is 29.3 Å². The molecule has 0 radical (unpaired) electrons. The van der Waals surface area contributed by atoms with Gasteiger partial charge in [-0.15, -0.1) is 0 Å². The van der Waals surface area contributed by atoms with E-state index in [0.29, 0.717) is 24.3 Å². The summed E-state index contributed by atoms with van der Waals surface area (Å²) in [7, 11) is 0. The molecule has 0 saturated heterocycles. The van der Waals surface area contributed by atoms with Crippen molar-refractivity contribution in [1.82, 2.24) is 4.90 Å². The van der Waals surface area contributed by atoms with Crippen LogP contribution >= 0.6 is 0 Å². The van der Waals surface area contributed by atoms with Gasteiger partial charge in [0.15, 0.2) is 0 Å². The van der Waals surface area contributed by atoms with E-state index < -0.39 is 5.82 Å². The van der Waals surface area contributed by atoms with E-state index in [1.165, 1.54) is 12.1 Å². The Labute approximate surface area is 117 Å². The van der Waals surface area contributed by atoms with E-state index in [9.17, 15) is 8.78 Å². The maximum atomic E-state index is 13.6. The molecule has 0 aromatic heterocycles. The number of hydrogen-bond acceptors (Lipinski definition) is 2. The van der Waals surface area contributed by atoms with Crippen LogP contribution in [-0.2, 0) is 13.1 Å². The third-order valence-electron chi connectivity index (χ3n) is 3.23. The highest BCUT2D eigenvalue weighted by molar-refractivity contribution is 5.39. The molecule has 4 heteroatoms. The molecule has 0 bridgehead atoms. The van der Waals surface area contributed by atoms with Crippen molar-refractivity contribution in [2.24, 2.45) is 0 Å². The smallest absolute Gasteiger partial charge is 0.127 e. The Morgan fingerprint density at radius 3 is 2.35 bits per heavy atom. The van der Waals surface area contributed by atoms with Crippen molar-refractivity contribution < 1.29 is 8.78 Å². The third-order valence-corrected chi connectivity index (χ3v) is 3.23. The minimum Gasteiger partial charge on any atom is -0.399 e. The van der Waals surface area contributed by atoms with Gasteiger partial charge in [-0.05, 0) is 42.4 Å². The average Bonchev–Trinajstić information content (AvgIpc) is 2.44. The van der Waals surface area contributed by atoms with Gasteiger partial charge >= 0.3 is 0 Å². The second-order valence-electron chi connectivity index (χ2n) is 4.78. The highest BCUT2D eigenvalue weighted by Gasteiger charge is 2.09. The van der Waals surface area contributed by atoms with Crippen molar-refractivity contribution in [3.63, 3.8) is 0 Å². The van der Waals surface area contributed by atoms with Crippen LogP contribution < -0.4 is 5.73 Å². The molecule has 0 atom stereocenters. The van der Waals surface area contributed by atoms with Gasteiger partial charge in [-0.25, -0.2) is 8.78 Å². The van der Waals surface area contributed by atoms with Gasteiger partial charge in [-0.1, -0.05) is 19.1 Å². The van der Waals surface area contributed by atoms with Crippen molar-refractivity contribution in [1.29, 1.82) is 0 Å². The number of nitrogens with zero attached hydrogens (tertiary/aromatic N) is 1. The lowest BCUT2D eigenvalue weighted by Crippen LogP contribution is -2.23. The van der Waals surface area contributed by atoms with Crippen LogP contribution in [0.25, 0.3) is 0 Å². The van der Waals surface area contributed by atoms with E-state index in [1.807, 2.05) is 36.1 Å². The quantitative estimate of drug-likeness (QED) is 0.846. The van der Waals surface area contributed by atoms with Crippen LogP contribution in [-0.4, -0.2) is 11.4 Å². The zero-order chi connectivity index (χ0) is 14.5. The molecule has 0 spiro atoms. The molecule has 0 amide bonds. The Morgan fingerprint density at radius 2 is 1.70 bits per heavy atom. The summed E-state index contributed by atoms with van der Waals surface area (Å²) in [6.07, 6.45) is 0. The van der Waals surface area contributed by atoms with Gasteiger partial charge in [0, 0.05) is 24.3 Å². The van der Waals surface area contributed by atoms with Crippen molar-refractivity contribution in [2.75, 3.05) is 12.3 Å². The molecule has 2 nitrogen and oxygen atoms in total. The fraction of sp³-hybridized carbons (Fsp3) is 0.250. The molecule has 2 N–H and O–H groups in total. The lowest BCUT2D eigenvalue weighted by atomic mass is 10.1. The van der Waals surface area contributed by atoms with E-state index in [0.717, 1.165) is 18.2 Å². The minimum absolute atomic E-state index is 0.373. The number of nitrogens with two attached hydrogens (primary N) is 1. The van der Waals surface area contributed by atoms with Crippen LogP contribution in [0.4, 0.5) is 14.5 Å². The molecular weight excluding hydrogens is 258 g/mol. The Bertz CT molecular complexity index is 567. The van der Waals surface area contributed by atoms with Crippen molar-refractivity contribution in [3.05, 3.63) is 65.2 Å². The standard InChI is InChI=1S/C16H18F2N2/c1-2-20(10-12-3-6-15(19)7-4-12)11-13-9-14(17)5-8-16(13)18/h3-9H,2,10-11,19H2,1H3. The summed E-state index contributed by atoms with van der Waals surface area (Å²) in [6.45, 7) is 3.80. The first-order valence-electron chi connectivity index (χ1n) is 6.59. The van der Waals surface area contributed by atoms with Gasteiger partial charge in [-0.2, -0.15) is 0 Å². The molecule has 0 aliphatic heterocycles. The van der Waals surface area contributed by atoms with Crippen LogP contribution in [0.1, 0.15) is 18.1 Å². The van der Waals surface area contributed by atoms with Crippen molar-refractivity contribution in [2.45, 2.75) is 20.0 Å². The molecule has 106 valence electrons. The molecule has 0 heterocycles. The predicted octanol–water partition coefficient (Wildman–Crippen LogP) is 3.57. The van der Waals surface area contributed by atoms with Gasteiger partial charge in [0.05, 0.1) is 0 Å². The maximum Gasteiger partial charge on any atom is 0.127 e. The summed E-state index contributed by atoms with van der Waals surface area (Å²) < 4.78 is 26.8. The summed E-state index contributed by atoms with van der Waals surface area (Å²) >= 11 is 0. The average molecular weight is 276 g/mol. The second-order valence-corrected chi connectivity index (χ2v) is 4.78. The molecule has 0 aliphatic rings. The lowest BCUT2D eigenvalue weighted by molar-refractivity contribution is 0.267. The highest BCUT2D eigenvalue weighted by atomic mass is 19.1. The van der Waals surface area contributed by atoms with E-state index in [4.69, 9.17) is 5.73 Å². The fourth-order valence-corrected chi connectivity index (χ4v) is 2.07. The van der Waals surface area contributed by atoms with Crippen LogP contribution in [0.15, 0.2) is 42.5 Å². The number of anilines is 1. The number of nitrogen functional groups attached to an aromatic ring is 1. The normalized spacial score (nSPS) is 11.0. The maximum absolute atomic E-state index is 13.6. The number of rotatable bonds is 5. The van der Waals surface area contributed by atoms with Gasteiger partial charge in [0.25, 0.3) is 0 Å². The molecule has 2 aromatic rings. The fourth-order valence-electron chi connectivity index (χ4n) is 2.07. The summed E-state index contributed by atoms with van der Waals surface area (Å²) in [6, 6.07) is 11.1. The summed E-state index contributed by atoms with van der Waals surface area (Å²) in [5.74, 6) is -0.785. The molecule has 0 fully saturated rings. The zero-order valence-corrected chi connectivity index (χ0v) is 11.4. The number of hydrogen-bond donors (Lipinski definition) is 1. The molecule has 20 heavy (non-hydrogen) atoms. The van der Waals surface area contributed by atoms with E-state index in [2.05, 4.69) is 0 Å². The van der Waals surface area contributed by atoms with E-state index in [1.54, 1.807) is 0 Å². The molecule has 2 rings (SSSR count). The zero-order valence-electron chi connectivity index (χ0n) is 11.4. The van der Waals surface area contributed by atoms with Crippen molar-refractivity contribution in [3.8, 4) is 0 Å². The highest BCUT2D eigenvalue weighted by Crippen LogP contribution is 2.15. The van der Waals surface area contributed by atoms with Crippen LogP contribution in [0.2, 0.25) is 0 Å². The first-order chi connectivity index (χ1) is 9.58. The van der Waals surface area contributed by atoms with Gasteiger partial charge in [-0.3, -0.25) is 4.90 Å². The largest absolute Gasteiger partial charge is 0.399 e. The summed E-state index contributed by atoms with van der Waals surface area (Å²) in [5, 5.41) is 0. The second kappa shape index (κ2) is 6.48. The molecule has 0 saturated carbocycles. The van der Waals surface area contributed by atoms with Gasteiger partial charge < -0.3 is 5.73 Å². The monoisotopic (exact) mass is 276 g/mol. The Hall–Kier alpha value is -1.94. The van der Waals surface area contributed by atoms with Gasteiger partial charge in [0.1, 0.15) is 11.6 Å². The SMILES string of the molecule is CCN(Cc1ccc(N)cc1)Cc1cc(F)ccc1F. The molecule has 2 aromatic carbocycles. The molecular formula is C16H18F2N2. The van der Waals surface area contributed by atoms with Gasteiger partial charge in [0.2, 0.25) is 0 Å². The van der Waals surface area contributed by atoms with Crippen LogP contribution in [0.3, 0.4) is 0 Å². The lowest BCUT2D eigenvalue weighted by Gasteiger charge is -2.21. The summed E-state index contributed by atoms with van der Waals surface area (Å²) in [5.41, 5.74) is 7.83. The Balaban J connectivity index is 2.08. The number of benzene rings is 2. The first kappa shape index (κ1) is 14.5. The summed E-state index contributed by atoms with van der Waals surface area (Å²) in [4.78, 5) is 2.05. The van der Waals surface area contributed by atoms with Crippen LogP contribution in [0, 0.1) is 11.6 Å². The van der Waals surface area contributed by atoms with E-state index >= 15 is 0 Å². The Morgan fingerprint density at radius 1 is 1.00 bits per heavy atom. The third kappa shape index (κ3) is 3.78. The van der Waals surface area contributed by atoms with Crippen LogP contribution in [0.5, 0.6) is 0 Å². The molecule has 0 aliphatic carbocycles. The first-order valence-corrected chi connectivity index (χ1v) is 6.59. The predicted molar refractivity (Wildman–Crippen MR) is 77.0 cm³/mol. The molecule has 0 unspecified atom stereocenters. The Kier molecular flexibility index (Phi) is 4.69. The number of halogens is 2. The van der Waals surface area contributed by atoms with Crippen molar-refractivity contribution >= 4 is 5.69 Å².